The van der Waals surface area contributed by atoms with E-state index in [4.69, 9.17) is 17.0 Å². The zero-order valence-corrected chi connectivity index (χ0v) is 19.6. The molecule has 3 aromatic rings. The topological polar surface area (TPSA) is 63.1 Å². The second kappa shape index (κ2) is 9.47. The van der Waals surface area contributed by atoms with E-state index in [1.54, 1.807) is 16.5 Å². The van der Waals surface area contributed by atoms with E-state index in [1.165, 1.54) is 5.56 Å². The second-order valence-corrected chi connectivity index (χ2v) is 8.98. The van der Waals surface area contributed by atoms with Crippen molar-refractivity contribution in [3.8, 4) is 17.1 Å². The number of aromatic amines is 1. The van der Waals surface area contributed by atoms with E-state index in [0.717, 1.165) is 16.9 Å². The standard InChI is InChI=1S/C24H30N4O2S/c1-6-30-20-13-9-18(10-14-20)22-25-26-23(31)28(22)16-21(29)27(5)15-17-7-11-19(12-8-17)24(2,3)4/h7-14H,6,15-16H2,1-5H3,(H,26,31). The van der Waals surface area contributed by atoms with Gasteiger partial charge in [-0.15, -0.1) is 0 Å². The summed E-state index contributed by atoms with van der Waals surface area (Å²) in [6.45, 7) is 9.77. The predicted molar refractivity (Wildman–Crippen MR) is 126 cm³/mol. The quantitative estimate of drug-likeness (QED) is 0.530. The van der Waals surface area contributed by atoms with Gasteiger partial charge in [-0.1, -0.05) is 45.0 Å². The van der Waals surface area contributed by atoms with Crippen molar-refractivity contribution < 1.29 is 9.53 Å². The molecule has 2 aromatic carbocycles. The monoisotopic (exact) mass is 438 g/mol. The number of likely N-dealkylation sites (N-methyl/N-ethyl adjacent to an activating group) is 1. The zero-order chi connectivity index (χ0) is 22.6. The van der Waals surface area contributed by atoms with Gasteiger partial charge in [0.1, 0.15) is 12.3 Å². The molecule has 0 fully saturated rings. The smallest absolute Gasteiger partial charge is 0.242 e. The van der Waals surface area contributed by atoms with Gasteiger partial charge in [0.2, 0.25) is 5.91 Å². The Morgan fingerprint density at radius 3 is 2.35 bits per heavy atom. The van der Waals surface area contributed by atoms with Gasteiger partial charge in [-0.05, 0) is 59.9 Å². The van der Waals surface area contributed by atoms with Crippen LogP contribution in [0.1, 0.15) is 38.8 Å². The lowest BCUT2D eigenvalue weighted by molar-refractivity contribution is -0.131. The van der Waals surface area contributed by atoms with Gasteiger partial charge in [0.25, 0.3) is 0 Å². The number of hydrogen-bond donors (Lipinski definition) is 1. The summed E-state index contributed by atoms with van der Waals surface area (Å²) in [4.78, 5) is 14.6. The summed E-state index contributed by atoms with van der Waals surface area (Å²) >= 11 is 5.37. The summed E-state index contributed by atoms with van der Waals surface area (Å²) in [5, 5.41) is 7.13. The van der Waals surface area contributed by atoms with Crippen molar-refractivity contribution in [2.45, 2.75) is 46.2 Å². The summed E-state index contributed by atoms with van der Waals surface area (Å²) in [6.07, 6.45) is 0. The third kappa shape index (κ3) is 5.61. The van der Waals surface area contributed by atoms with E-state index in [-0.39, 0.29) is 17.9 Å². The van der Waals surface area contributed by atoms with E-state index in [0.29, 0.717) is 23.7 Å². The van der Waals surface area contributed by atoms with Gasteiger partial charge in [-0.3, -0.25) is 14.5 Å². The molecule has 0 radical (unpaired) electrons. The van der Waals surface area contributed by atoms with Crippen molar-refractivity contribution >= 4 is 18.1 Å². The molecule has 0 unspecified atom stereocenters. The average Bonchev–Trinajstić information content (AvgIpc) is 3.09. The molecule has 6 nitrogen and oxygen atoms in total. The van der Waals surface area contributed by atoms with Crippen LogP contribution in [0, 0.1) is 4.77 Å². The van der Waals surface area contributed by atoms with Crippen LogP contribution in [-0.2, 0) is 23.3 Å². The molecule has 164 valence electrons. The maximum Gasteiger partial charge on any atom is 0.242 e. The lowest BCUT2D eigenvalue weighted by Gasteiger charge is -2.21. The fourth-order valence-corrected chi connectivity index (χ4v) is 3.48. The Hall–Kier alpha value is -2.93. The SMILES string of the molecule is CCOc1ccc(-c2n[nH]c(=S)n2CC(=O)N(C)Cc2ccc(C(C)(C)C)cc2)cc1. The molecular formula is C24H30N4O2S. The first-order valence-corrected chi connectivity index (χ1v) is 10.8. The molecule has 3 rings (SSSR count). The number of nitrogens with zero attached hydrogens (tertiary/aromatic N) is 3. The number of nitrogens with one attached hydrogen (secondary N) is 1. The largest absolute Gasteiger partial charge is 0.494 e. The maximum atomic E-state index is 12.9. The van der Waals surface area contributed by atoms with Crippen LogP contribution < -0.4 is 4.74 Å². The van der Waals surface area contributed by atoms with Crippen molar-refractivity contribution in [1.29, 1.82) is 0 Å². The molecular weight excluding hydrogens is 408 g/mol. The van der Waals surface area contributed by atoms with Crippen molar-refractivity contribution in [3.05, 3.63) is 64.4 Å². The highest BCUT2D eigenvalue weighted by Crippen LogP contribution is 2.23. The maximum absolute atomic E-state index is 12.9. The van der Waals surface area contributed by atoms with Gasteiger partial charge in [-0.2, -0.15) is 5.10 Å². The van der Waals surface area contributed by atoms with Crippen molar-refractivity contribution in [2.75, 3.05) is 13.7 Å². The first kappa shape index (κ1) is 22.7. The van der Waals surface area contributed by atoms with Crippen LogP contribution in [0.2, 0.25) is 0 Å². The minimum absolute atomic E-state index is 0.0374. The Kier molecular flexibility index (Phi) is 6.95. The summed E-state index contributed by atoms with van der Waals surface area (Å²) < 4.78 is 7.64. The number of H-pyrrole nitrogens is 1. The lowest BCUT2D eigenvalue weighted by Crippen LogP contribution is -2.30. The first-order valence-electron chi connectivity index (χ1n) is 10.4. The van der Waals surface area contributed by atoms with Gasteiger partial charge >= 0.3 is 0 Å². The highest BCUT2D eigenvalue weighted by Gasteiger charge is 2.17. The number of rotatable bonds is 7. The van der Waals surface area contributed by atoms with Crippen LogP contribution in [0.15, 0.2) is 48.5 Å². The molecule has 0 saturated carbocycles. The fraction of sp³-hybridized carbons (Fsp3) is 0.375. The zero-order valence-electron chi connectivity index (χ0n) is 18.8. The Morgan fingerprint density at radius 2 is 1.77 bits per heavy atom. The van der Waals surface area contributed by atoms with Gasteiger partial charge in [0.05, 0.1) is 6.61 Å². The summed E-state index contributed by atoms with van der Waals surface area (Å²) in [5.74, 6) is 1.38. The van der Waals surface area contributed by atoms with Gasteiger partial charge in [-0.25, -0.2) is 0 Å². The number of aromatic nitrogens is 3. The molecule has 0 atom stereocenters. The Labute approximate surface area is 188 Å². The van der Waals surface area contributed by atoms with Crippen molar-refractivity contribution in [2.24, 2.45) is 0 Å². The van der Waals surface area contributed by atoms with Crippen LogP contribution in [-0.4, -0.2) is 39.2 Å². The van der Waals surface area contributed by atoms with E-state index in [9.17, 15) is 4.79 Å². The van der Waals surface area contributed by atoms with Gasteiger partial charge in [0.15, 0.2) is 10.6 Å². The number of amides is 1. The lowest BCUT2D eigenvalue weighted by atomic mass is 9.87. The highest BCUT2D eigenvalue weighted by molar-refractivity contribution is 7.71. The summed E-state index contributed by atoms with van der Waals surface area (Å²) in [6, 6.07) is 16.0. The Bertz CT molecular complexity index is 1080. The predicted octanol–water partition coefficient (Wildman–Crippen LogP) is 4.96. The minimum Gasteiger partial charge on any atom is -0.494 e. The number of carbonyl (C=O) groups excluding carboxylic acids is 1. The number of carbonyl (C=O) groups is 1. The van der Waals surface area contributed by atoms with Crippen LogP contribution >= 0.6 is 12.2 Å². The molecule has 0 spiro atoms. The van der Waals surface area contributed by atoms with Crippen molar-refractivity contribution in [3.63, 3.8) is 0 Å². The molecule has 0 bridgehead atoms. The normalized spacial score (nSPS) is 11.4. The van der Waals surface area contributed by atoms with E-state index in [1.807, 2.05) is 31.2 Å². The number of benzene rings is 2. The summed E-state index contributed by atoms with van der Waals surface area (Å²) in [7, 11) is 1.81. The van der Waals surface area contributed by atoms with Crippen LogP contribution in [0.4, 0.5) is 0 Å². The Balaban J connectivity index is 1.71. The molecule has 1 heterocycles. The molecule has 7 heteroatoms. The molecule has 0 aliphatic rings. The second-order valence-electron chi connectivity index (χ2n) is 8.59. The molecule has 1 aromatic heterocycles. The third-order valence-corrected chi connectivity index (χ3v) is 5.45. The molecule has 0 aliphatic carbocycles. The van der Waals surface area contributed by atoms with E-state index in [2.05, 4.69) is 55.2 Å². The third-order valence-electron chi connectivity index (χ3n) is 5.14. The van der Waals surface area contributed by atoms with Crippen LogP contribution in [0.5, 0.6) is 5.75 Å². The fourth-order valence-electron chi connectivity index (χ4n) is 3.28. The molecule has 31 heavy (non-hydrogen) atoms. The number of ether oxygens (including phenoxy) is 1. The van der Waals surface area contributed by atoms with Crippen LogP contribution in [0.3, 0.4) is 0 Å². The molecule has 1 N–H and O–H groups in total. The van der Waals surface area contributed by atoms with Crippen LogP contribution in [0.25, 0.3) is 11.4 Å². The average molecular weight is 439 g/mol. The molecule has 0 aliphatic heterocycles. The minimum atomic E-state index is -0.0374. The van der Waals surface area contributed by atoms with Crippen molar-refractivity contribution in [1.82, 2.24) is 19.7 Å². The number of hydrogen-bond acceptors (Lipinski definition) is 4. The Morgan fingerprint density at radius 1 is 1.13 bits per heavy atom. The van der Waals surface area contributed by atoms with E-state index < -0.39 is 0 Å². The van der Waals surface area contributed by atoms with E-state index >= 15 is 0 Å². The molecule has 1 amide bonds. The van der Waals surface area contributed by atoms with Gasteiger partial charge < -0.3 is 9.64 Å². The first-order chi connectivity index (χ1) is 14.7. The highest BCUT2D eigenvalue weighted by atomic mass is 32.1. The summed E-state index contributed by atoms with van der Waals surface area (Å²) in [5.41, 5.74) is 3.33. The van der Waals surface area contributed by atoms with Gasteiger partial charge in [0, 0.05) is 19.2 Å². The molecule has 0 saturated heterocycles.